The Labute approximate surface area is 112 Å². The summed E-state index contributed by atoms with van der Waals surface area (Å²) >= 11 is 0. The van der Waals surface area contributed by atoms with Gasteiger partial charge in [-0.25, -0.2) is 0 Å². The molecule has 100 valence electrons. The third-order valence-electron chi connectivity index (χ3n) is 4.70. The van der Waals surface area contributed by atoms with Crippen LogP contribution in [0.4, 0.5) is 0 Å². The highest BCUT2D eigenvalue weighted by Crippen LogP contribution is 2.46. The van der Waals surface area contributed by atoms with Crippen LogP contribution >= 0.6 is 0 Å². The molecule has 1 aromatic carbocycles. The van der Waals surface area contributed by atoms with Gasteiger partial charge in [0.1, 0.15) is 0 Å². The molecule has 2 atom stereocenters. The lowest BCUT2D eigenvalue weighted by Crippen LogP contribution is -2.37. The predicted octanol–water partition coefficient (Wildman–Crippen LogP) is 4.47. The Hall–Kier alpha value is -0.820. The van der Waals surface area contributed by atoms with Crippen LogP contribution in [0, 0.1) is 18.3 Å². The fourth-order valence-electron chi connectivity index (χ4n) is 3.60. The Balaban J connectivity index is 2.27. The van der Waals surface area contributed by atoms with Crippen LogP contribution < -0.4 is 5.32 Å². The Morgan fingerprint density at radius 2 is 2.06 bits per heavy atom. The minimum Gasteiger partial charge on any atom is -0.313 e. The highest BCUT2D eigenvalue weighted by atomic mass is 14.9. The maximum Gasteiger partial charge on any atom is 0.0351 e. The van der Waals surface area contributed by atoms with Crippen molar-refractivity contribution in [1.29, 1.82) is 0 Å². The van der Waals surface area contributed by atoms with Crippen molar-refractivity contribution >= 4 is 0 Å². The predicted molar refractivity (Wildman–Crippen MR) is 78.7 cm³/mol. The molecule has 1 aliphatic rings. The van der Waals surface area contributed by atoms with Crippen molar-refractivity contribution in [3.8, 4) is 0 Å². The van der Waals surface area contributed by atoms with Gasteiger partial charge in [-0.05, 0) is 43.7 Å². The standard InChI is InChI=1S/C17H27N/c1-13-8-7-9-14(12-13)16(18-4)15-10-5-6-11-17(15,2)3/h7-9,12,15-16,18H,5-6,10-11H2,1-4H3. The lowest BCUT2D eigenvalue weighted by atomic mass is 9.65. The zero-order valence-electron chi connectivity index (χ0n) is 12.3. The number of aryl methyl sites for hydroxylation is 1. The second-order valence-corrected chi connectivity index (χ2v) is 6.52. The molecule has 0 bridgehead atoms. The fraction of sp³-hybridized carbons (Fsp3) is 0.647. The maximum absolute atomic E-state index is 3.57. The zero-order valence-corrected chi connectivity index (χ0v) is 12.3. The molecule has 1 nitrogen and oxygen atoms in total. The van der Waals surface area contributed by atoms with E-state index in [0.29, 0.717) is 11.5 Å². The van der Waals surface area contributed by atoms with E-state index >= 15 is 0 Å². The van der Waals surface area contributed by atoms with E-state index in [1.54, 1.807) is 0 Å². The molecular formula is C17H27N. The smallest absolute Gasteiger partial charge is 0.0351 e. The minimum atomic E-state index is 0.454. The van der Waals surface area contributed by atoms with E-state index in [2.05, 4.69) is 57.4 Å². The summed E-state index contributed by atoms with van der Waals surface area (Å²) in [6, 6.07) is 9.48. The molecule has 1 N–H and O–H groups in total. The van der Waals surface area contributed by atoms with Crippen LogP contribution in [0.1, 0.15) is 56.7 Å². The SMILES string of the molecule is CNC(c1cccc(C)c1)C1CCCCC1(C)C. The molecule has 0 radical (unpaired) electrons. The molecule has 0 aliphatic heterocycles. The van der Waals surface area contributed by atoms with Crippen LogP contribution in [0.3, 0.4) is 0 Å². The molecule has 0 spiro atoms. The van der Waals surface area contributed by atoms with Gasteiger partial charge in [-0.1, -0.05) is 56.5 Å². The van der Waals surface area contributed by atoms with Crippen molar-refractivity contribution in [2.45, 2.75) is 52.5 Å². The largest absolute Gasteiger partial charge is 0.313 e. The molecule has 2 unspecified atom stereocenters. The van der Waals surface area contributed by atoms with E-state index in [0.717, 1.165) is 5.92 Å². The molecule has 0 amide bonds. The van der Waals surface area contributed by atoms with E-state index in [1.807, 2.05) is 0 Å². The summed E-state index contributed by atoms with van der Waals surface area (Å²) in [4.78, 5) is 0. The van der Waals surface area contributed by atoms with E-state index < -0.39 is 0 Å². The van der Waals surface area contributed by atoms with Gasteiger partial charge < -0.3 is 5.32 Å². The summed E-state index contributed by atoms with van der Waals surface area (Å²) in [7, 11) is 2.11. The molecule has 0 aromatic heterocycles. The average Bonchev–Trinajstić information content (AvgIpc) is 2.32. The van der Waals surface area contributed by atoms with Crippen LogP contribution in [-0.2, 0) is 0 Å². The maximum atomic E-state index is 3.57. The van der Waals surface area contributed by atoms with Crippen LogP contribution in [-0.4, -0.2) is 7.05 Å². The van der Waals surface area contributed by atoms with Crippen molar-refractivity contribution in [2.75, 3.05) is 7.05 Å². The number of hydrogen-bond acceptors (Lipinski definition) is 1. The summed E-state index contributed by atoms with van der Waals surface area (Å²) in [6.07, 6.45) is 5.50. The molecular weight excluding hydrogens is 218 g/mol. The van der Waals surface area contributed by atoms with Gasteiger partial charge >= 0.3 is 0 Å². The molecule has 1 saturated carbocycles. The molecule has 0 saturated heterocycles. The van der Waals surface area contributed by atoms with Crippen LogP contribution in [0.5, 0.6) is 0 Å². The van der Waals surface area contributed by atoms with E-state index in [-0.39, 0.29) is 0 Å². The molecule has 0 heterocycles. The van der Waals surface area contributed by atoms with Crippen LogP contribution in [0.25, 0.3) is 0 Å². The van der Waals surface area contributed by atoms with Crippen molar-refractivity contribution in [2.24, 2.45) is 11.3 Å². The van der Waals surface area contributed by atoms with Crippen molar-refractivity contribution in [1.82, 2.24) is 5.32 Å². The van der Waals surface area contributed by atoms with Gasteiger partial charge in [-0.2, -0.15) is 0 Å². The van der Waals surface area contributed by atoms with Gasteiger partial charge in [0, 0.05) is 6.04 Å². The number of benzene rings is 1. The van der Waals surface area contributed by atoms with Gasteiger partial charge in [0.2, 0.25) is 0 Å². The third-order valence-corrected chi connectivity index (χ3v) is 4.70. The van der Waals surface area contributed by atoms with E-state index in [4.69, 9.17) is 0 Å². The fourth-order valence-corrected chi connectivity index (χ4v) is 3.60. The molecule has 18 heavy (non-hydrogen) atoms. The highest BCUT2D eigenvalue weighted by molar-refractivity contribution is 5.26. The summed E-state index contributed by atoms with van der Waals surface area (Å²) in [5, 5.41) is 3.57. The van der Waals surface area contributed by atoms with E-state index in [9.17, 15) is 0 Å². The van der Waals surface area contributed by atoms with Crippen LogP contribution in [0.2, 0.25) is 0 Å². The van der Waals surface area contributed by atoms with Crippen molar-refractivity contribution < 1.29 is 0 Å². The van der Waals surface area contributed by atoms with Crippen LogP contribution in [0.15, 0.2) is 24.3 Å². The monoisotopic (exact) mass is 245 g/mol. The third kappa shape index (κ3) is 2.77. The number of hydrogen-bond donors (Lipinski definition) is 1. The number of nitrogens with one attached hydrogen (secondary N) is 1. The average molecular weight is 245 g/mol. The van der Waals surface area contributed by atoms with Gasteiger partial charge in [0.15, 0.2) is 0 Å². The molecule has 1 fully saturated rings. The Morgan fingerprint density at radius 1 is 1.28 bits per heavy atom. The second-order valence-electron chi connectivity index (χ2n) is 6.52. The Kier molecular flexibility index (Phi) is 4.11. The second kappa shape index (κ2) is 5.44. The topological polar surface area (TPSA) is 12.0 Å². The summed E-state index contributed by atoms with van der Waals surface area (Å²) in [5.74, 6) is 0.748. The first-order valence-electron chi connectivity index (χ1n) is 7.28. The molecule has 1 aliphatic carbocycles. The van der Waals surface area contributed by atoms with E-state index in [1.165, 1.54) is 36.8 Å². The summed E-state index contributed by atoms with van der Waals surface area (Å²) < 4.78 is 0. The summed E-state index contributed by atoms with van der Waals surface area (Å²) in [5.41, 5.74) is 3.27. The van der Waals surface area contributed by atoms with Gasteiger partial charge in [-0.15, -0.1) is 0 Å². The first-order valence-corrected chi connectivity index (χ1v) is 7.28. The molecule has 1 aromatic rings. The Bertz CT molecular complexity index is 394. The highest BCUT2D eigenvalue weighted by Gasteiger charge is 2.37. The summed E-state index contributed by atoms with van der Waals surface area (Å²) in [6.45, 7) is 7.07. The molecule has 2 rings (SSSR count). The lowest BCUT2D eigenvalue weighted by molar-refractivity contribution is 0.101. The zero-order chi connectivity index (χ0) is 13.2. The lowest BCUT2D eigenvalue weighted by Gasteiger charge is -2.43. The normalized spacial score (nSPS) is 24.8. The minimum absolute atomic E-state index is 0.454. The van der Waals surface area contributed by atoms with Gasteiger partial charge in [0.25, 0.3) is 0 Å². The van der Waals surface area contributed by atoms with Gasteiger partial charge in [-0.3, -0.25) is 0 Å². The number of rotatable bonds is 3. The van der Waals surface area contributed by atoms with Crippen molar-refractivity contribution in [3.05, 3.63) is 35.4 Å². The quantitative estimate of drug-likeness (QED) is 0.828. The van der Waals surface area contributed by atoms with Gasteiger partial charge in [0.05, 0.1) is 0 Å². The van der Waals surface area contributed by atoms with Crippen molar-refractivity contribution in [3.63, 3.8) is 0 Å². The Morgan fingerprint density at radius 3 is 2.67 bits per heavy atom. The first kappa shape index (κ1) is 13.6. The first-order chi connectivity index (χ1) is 8.54. The molecule has 1 heteroatoms.